The number of fused-ring (bicyclic) bond motifs is 4. The van der Waals surface area contributed by atoms with E-state index < -0.39 is 5.41 Å². The second-order valence-corrected chi connectivity index (χ2v) is 7.60. The molecule has 3 aromatic rings. The molecule has 2 aliphatic heterocycles. The van der Waals surface area contributed by atoms with Gasteiger partial charge in [-0.25, -0.2) is 4.68 Å². The van der Waals surface area contributed by atoms with Crippen molar-refractivity contribution in [2.45, 2.75) is 25.7 Å². The molecule has 6 heteroatoms. The van der Waals surface area contributed by atoms with Gasteiger partial charge in [-0.15, -0.1) is 0 Å². The van der Waals surface area contributed by atoms with Crippen LogP contribution in [0.1, 0.15) is 28.7 Å². The van der Waals surface area contributed by atoms with Crippen molar-refractivity contribution in [3.05, 3.63) is 70.9 Å². The average Bonchev–Trinajstić information content (AvgIpc) is 3.19. The maximum atomic E-state index is 13.4. The fourth-order valence-electron chi connectivity index (χ4n) is 4.42. The molecule has 3 heterocycles. The summed E-state index contributed by atoms with van der Waals surface area (Å²) < 4.78 is 1.72. The van der Waals surface area contributed by atoms with Crippen LogP contribution in [-0.4, -0.2) is 28.6 Å². The van der Waals surface area contributed by atoms with Crippen molar-refractivity contribution in [3.63, 3.8) is 0 Å². The molecular weight excluding hydrogens is 352 g/mol. The van der Waals surface area contributed by atoms with E-state index in [4.69, 9.17) is 0 Å². The highest BCUT2D eigenvalue weighted by molar-refractivity contribution is 6.15. The summed E-state index contributed by atoms with van der Waals surface area (Å²) in [5, 5.41) is 7.51. The Labute approximate surface area is 162 Å². The molecule has 1 N–H and O–H groups in total. The standard InChI is InChI=1S/C22H20N4O2/c1-13-8-9-15(10-14(13)2)26-20-17(12-23-26)22(11-19(27)24-20)16-6-4-5-7-18(16)25(3)21(22)28/h4-10,12H,11H2,1-3H3,(H,24,27)/t22-/m1/s1. The molecule has 0 saturated heterocycles. The molecule has 2 aromatic carbocycles. The minimum absolute atomic E-state index is 0.0821. The van der Waals surface area contributed by atoms with Gasteiger partial charge in [-0.05, 0) is 48.7 Å². The molecule has 0 fully saturated rings. The lowest BCUT2D eigenvalue weighted by Crippen LogP contribution is -2.45. The normalized spacial score (nSPS) is 20.3. The van der Waals surface area contributed by atoms with Crippen molar-refractivity contribution in [3.8, 4) is 5.69 Å². The van der Waals surface area contributed by atoms with Crippen LogP contribution in [0, 0.1) is 13.8 Å². The molecule has 0 aliphatic carbocycles. The first-order valence-electron chi connectivity index (χ1n) is 9.27. The van der Waals surface area contributed by atoms with Crippen molar-refractivity contribution in [1.29, 1.82) is 0 Å². The first kappa shape index (κ1) is 16.7. The Balaban J connectivity index is 1.77. The largest absolute Gasteiger partial charge is 0.314 e. The van der Waals surface area contributed by atoms with Crippen LogP contribution in [0.4, 0.5) is 11.5 Å². The summed E-state index contributed by atoms with van der Waals surface area (Å²) in [5.41, 5.74) is 4.60. The lowest BCUT2D eigenvalue weighted by Gasteiger charge is -2.32. The van der Waals surface area contributed by atoms with Crippen LogP contribution < -0.4 is 10.2 Å². The predicted octanol–water partition coefficient (Wildman–Crippen LogP) is 3.09. The van der Waals surface area contributed by atoms with Gasteiger partial charge in [0.15, 0.2) is 0 Å². The number of benzene rings is 2. The summed E-state index contributed by atoms with van der Waals surface area (Å²) in [6.45, 7) is 4.10. The van der Waals surface area contributed by atoms with Crippen LogP contribution in [0.2, 0.25) is 0 Å². The van der Waals surface area contributed by atoms with Gasteiger partial charge in [0.2, 0.25) is 11.8 Å². The number of para-hydroxylation sites is 1. The van der Waals surface area contributed by atoms with E-state index in [1.54, 1.807) is 22.8 Å². The molecule has 2 aliphatic rings. The Hall–Kier alpha value is -3.41. The molecule has 28 heavy (non-hydrogen) atoms. The maximum Gasteiger partial charge on any atom is 0.242 e. The number of carbonyl (C=O) groups is 2. The molecule has 0 bridgehead atoms. The number of hydrogen-bond donors (Lipinski definition) is 1. The predicted molar refractivity (Wildman–Crippen MR) is 107 cm³/mol. The topological polar surface area (TPSA) is 67.2 Å². The van der Waals surface area contributed by atoms with Gasteiger partial charge in [0.1, 0.15) is 11.2 Å². The zero-order chi connectivity index (χ0) is 19.6. The summed E-state index contributed by atoms with van der Waals surface area (Å²) >= 11 is 0. The number of amides is 2. The van der Waals surface area contributed by atoms with E-state index in [2.05, 4.69) is 17.3 Å². The smallest absolute Gasteiger partial charge is 0.242 e. The maximum absolute atomic E-state index is 13.4. The Morgan fingerprint density at radius 2 is 1.82 bits per heavy atom. The fourth-order valence-corrected chi connectivity index (χ4v) is 4.42. The van der Waals surface area contributed by atoms with E-state index in [0.717, 1.165) is 28.1 Å². The van der Waals surface area contributed by atoms with Crippen molar-refractivity contribution in [2.24, 2.45) is 0 Å². The van der Waals surface area contributed by atoms with Crippen LogP contribution in [-0.2, 0) is 15.0 Å². The van der Waals surface area contributed by atoms with E-state index >= 15 is 0 Å². The van der Waals surface area contributed by atoms with Crippen molar-refractivity contribution in [1.82, 2.24) is 9.78 Å². The highest BCUT2D eigenvalue weighted by atomic mass is 16.2. The molecule has 0 radical (unpaired) electrons. The molecule has 0 saturated carbocycles. The minimum Gasteiger partial charge on any atom is -0.314 e. The van der Waals surface area contributed by atoms with Crippen molar-refractivity contribution in [2.75, 3.05) is 17.3 Å². The molecule has 6 nitrogen and oxygen atoms in total. The number of anilines is 2. The van der Waals surface area contributed by atoms with E-state index in [9.17, 15) is 9.59 Å². The number of carbonyl (C=O) groups excluding carboxylic acids is 2. The van der Waals surface area contributed by atoms with Crippen LogP contribution in [0.5, 0.6) is 0 Å². The third kappa shape index (κ3) is 2.00. The molecule has 1 spiro atoms. The summed E-state index contributed by atoms with van der Waals surface area (Å²) in [4.78, 5) is 27.8. The number of nitrogens with one attached hydrogen (secondary N) is 1. The number of likely N-dealkylation sites (N-methyl/N-ethyl adjacent to an activating group) is 1. The van der Waals surface area contributed by atoms with Gasteiger partial charge in [-0.2, -0.15) is 5.10 Å². The van der Waals surface area contributed by atoms with Gasteiger partial charge in [0.05, 0.1) is 11.9 Å². The van der Waals surface area contributed by atoms with E-state index in [0.29, 0.717) is 5.82 Å². The highest BCUT2D eigenvalue weighted by Gasteiger charge is 2.56. The Morgan fingerprint density at radius 1 is 1.04 bits per heavy atom. The van der Waals surface area contributed by atoms with Gasteiger partial charge in [0.25, 0.3) is 0 Å². The minimum atomic E-state index is -1.03. The van der Waals surface area contributed by atoms with Crippen LogP contribution in [0.25, 0.3) is 5.69 Å². The van der Waals surface area contributed by atoms with Gasteiger partial charge in [-0.3, -0.25) is 9.59 Å². The Kier molecular flexibility index (Phi) is 3.32. The zero-order valence-corrected chi connectivity index (χ0v) is 16.0. The van der Waals surface area contributed by atoms with Gasteiger partial charge < -0.3 is 10.2 Å². The number of rotatable bonds is 1. The number of aromatic nitrogens is 2. The van der Waals surface area contributed by atoms with E-state index in [-0.39, 0.29) is 18.2 Å². The molecule has 1 aromatic heterocycles. The third-order valence-corrected chi connectivity index (χ3v) is 6.04. The zero-order valence-electron chi connectivity index (χ0n) is 16.0. The molecule has 1 atom stereocenters. The fraction of sp³-hybridized carbons (Fsp3) is 0.227. The highest BCUT2D eigenvalue weighted by Crippen LogP contribution is 2.51. The van der Waals surface area contributed by atoms with Gasteiger partial charge in [0, 0.05) is 24.7 Å². The Morgan fingerprint density at radius 3 is 2.61 bits per heavy atom. The lowest BCUT2D eigenvalue weighted by molar-refractivity contribution is -0.126. The molecular formula is C22H20N4O2. The number of nitrogens with zero attached hydrogens (tertiary/aromatic N) is 3. The molecule has 0 unspecified atom stereocenters. The summed E-state index contributed by atoms with van der Waals surface area (Å²) in [6.07, 6.45) is 1.80. The monoisotopic (exact) mass is 372 g/mol. The van der Waals surface area contributed by atoms with Crippen LogP contribution in [0.15, 0.2) is 48.7 Å². The first-order chi connectivity index (χ1) is 13.4. The third-order valence-electron chi connectivity index (χ3n) is 6.04. The second kappa shape index (κ2) is 5.55. The second-order valence-electron chi connectivity index (χ2n) is 7.60. The van der Waals surface area contributed by atoms with Crippen LogP contribution in [0.3, 0.4) is 0 Å². The first-order valence-corrected chi connectivity index (χ1v) is 9.27. The summed E-state index contributed by atoms with van der Waals surface area (Å²) in [5.74, 6) is 0.291. The number of aryl methyl sites for hydroxylation is 2. The van der Waals surface area contributed by atoms with Crippen molar-refractivity contribution < 1.29 is 9.59 Å². The Bertz CT molecular complexity index is 1160. The summed E-state index contributed by atoms with van der Waals surface area (Å²) in [7, 11) is 1.76. The lowest BCUT2D eigenvalue weighted by atomic mass is 9.72. The van der Waals surface area contributed by atoms with Crippen molar-refractivity contribution >= 4 is 23.3 Å². The van der Waals surface area contributed by atoms with E-state index in [1.807, 2.05) is 49.4 Å². The summed E-state index contributed by atoms with van der Waals surface area (Å²) in [6, 6.07) is 13.7. The molecule has 2 amide bonds. The number of hydrogen-bond acceptors (Lipinski definition) is 3. The molecule has 5 rings (SSSR count). The SMILES string of the molecule is Cc1ccc(-n2ncc3c2NC(=O)C[C@]32C(=O)N(C)c3ccccc32)cc1C. The quantitative estimate of drug-likeness (QED) is 0.714. The van der Waals surface area contributed by atoms with Gasteiger partial charge >= 0.3 is 0 Å². The van der Waals surface area contributed by atoms with Crippen LogP contribution >= 0.6 is 0 Å². The van der Waals surface area contributed by atoms with Gasteiger partial charge in [-0.1, -0.05) is 24.3 Å². The van der Waals surface area contributed by atoms with E-state index in [1.165, 1.54) is 5.56 Å². The average molecular weight is 372 g/mol. The molecule has 140 valence electrons.